The minimum atomic E-state index is -0.943. The normalized spacial score (nSPS) is 17.7. The maximum atomic E-state index is 12.4. The van der Waals surface area contributed by atoms with Gasteiger partial charge in [0, 0.05) is 13.0 Å². The number of aliphatic carboxylic acids is 1. The Morgan fingerprint density at radius 1 is 1.21 bits per heavy atom. The zero-order valence-electron chi connectivity index (χ0n) is 13.4. The van der Waals surface area contributed by atoms with Gasteiger partial charge in [0.05, 0.1) is 24.4 Å². The van der Waals surface area contributed by atoms with Gasteiger partial charge in [-0.05, 0) is 24.8 Å². The Morgan fingerprint density at radius 2 is 2.00 bits per heavy atom. The lowest BCUT2D eigenvalue weighted by molar-refractivity contribution is -0.142. The van der Waals surface area contributed by atoms with Crippen LogP contribution in [0, 0.1) is 0 Å². The van der Waals surface area contributed by atoms with E-state index in [1.54, 1.807) is 11.1 Å². The molecule has 1 aliphatic rings. The Hall–Kier alpha value is -2.63. The van der Waals surface area contributed by atoms with E-state index in [2.05, 4.69) is 9.97 Å². The summed E-state index contributed by atoms with van der Waals surface area (Å²) in [6.45, 7) is 0.657. The third kappa shape index (κ3) is 3.64. The molecule has 2 aromatic rings. The van der Waals surface area contributed by atoms with Crippen molar-refractivity contribution in [3.63, 3.8) is 0 Å². The molecule has 0 spiro atoms. The minimum Gasteiger partial charge on any atom is -0.481 e. The van der Waals surface area contributed by atoms with Gasteiger partial charge in [-0.25, -0.2) is 4.98 Å². The molecule has 0 radical (unpaired) electrons. The lowest BCUT2D eigenvalue weighted by Crippen LogP contribution is -2.39. The number of hydrogen-bond donors (Lipinski definition) is 2. The van der Waals surface area contributed by atoms with E-state index in [1.165, 1.54) is 0 Å². The van der Waals surface area contributed by atoms with Crippen molar-refractivity contribution in [2.45, 2.75) is 38.1 Å². The van der Waals surface area contributed by atoms with E-state index in [0.29, 0.717) is 6.54 Å². The van der Waals surface area contributed by atoms with Crippen LogP contribution in [0.5, 0.6) is 0 Å². The first kappa shape index (κ1) is 16.2. The number of benzene rings is 1. The highest BCUT2D eigenvalue weighted by Crippen LogP contribution is 2.31. The molecule has 6 nitrogen and oxygen atoms in total. The number of nitrogens with zero attached hydrogens (tertiary/aromatic N) is 2. The van der Waals surface area contributed by atoms with E-state index in [9.17, 15) is 9.59 Å². The molecule has 0 bridgehead atoms. The summed E-state index contributed by atoms with van der Waals surface area (Å²) in [5, 5.41) is 8.78. The molecule has 6 heteroatoms. The first-order chi connectivity index (χ1) is 11.6. The molecule has 0 aliphatic carbocycles. The smallest absolute Gasteiger partial charge is 0.303 e. The molecular formula is C18H21N3O3. The number of carbonyl (C=O) groups is 2. The van der Waals surface area contributed by atoms with Crippen LogP contribution in [0.2, 0.25) is 0 Å². The molecule has 1 aromatic heterocycles. The van der Waals surface area contributed by atoms with Crippen LogP contribution in [0.25, 0.3) is 11.3 Å². The maximum absolute atomic E-state index is 12.4. The van der Waals surface area contributed by atoms with Crippen molar-refractivity contribution in [3.8, 4) is 11.3 Å². The summed E-state index contributed by atoms with van der Waals surface area (Å²) in [6, 6.07) is 9.82. The number of amides is 1. The number of carbonyl (C=O) groups excluding carboxylic acids is 1. The average Bonchev–Trinajstić information content (AvgIpc) is 3.10. The van der Waals surface area contributed by atoms with Crippen LogP contribution in [0.15, 0.2) is 36.5 Å². The number of H-pyrrole nitrogens is 1. The van der Waals surface area contributed by atoms with Crippen molar-refractivity contribution in [2.75, 3.05) is 6.54 Å². The molecule has 0 saturated carbocycles. The fourth-order valence-corrected chi connectivity index (χ4v) is 3.14. The summed E-state index contributed by atoms with van der Waals surface area (Å²) in [6.07, 6.45) is 4.53. The molecule has 1 fully saturated rings. The molecule has 126 valence electrons. The van der Waals surface area contributed by atoms with Crippen LogP contribution in [-0.4, -0.2) is 38.4 Å². The Labute approximate surface area is 140 Å². The Bertz CT molecular complexity index is 711. The van der Waals surface area contributed by atoms with Crippen molar-refractivity contribution >= 4 is 11.9 Å². The number of nitrogens with one attached hydrogen (secondary N) is 1. The van der Waals surface area contributed by atoms with Gasteiger partial charge in [-0.3, -0.25) is 9.59 Å². The Balaban J connectivity index is 1.77. The summed E-state index contributed by atoms with van der Waals surface area (Å²) in [7, 11) is 0. The predicted molar refractivity (Wildman–Crippen MR) is 89.2 cm³/mol. The summed E-state index contributed by atoms with van der Waals surface area (Å²) in [5.74, 6) is -0.279. The molecule has 1 unspecified atom stereocenters. The highest BCUT2D eigenvalue weighted by atomic mass is 16.4. The highest BCUT2D eigenvalue weighted by Gasteiger charge is 2.30. The van der Waals surface area contributed by atoms with Gasteiger partial charge in [0.1, 0.15) is 5.82 Å². The van der Waals surface area contributed by atoms with E-state index in [4.69, 9.17) is 5.11 Å². The van der Waals surface area contributed by atoms with Crippen molar-refractivity contribution in [3.05, 3.63) is 42.4 Å². The van der Waals surface area contributed by atoms with Crippen LogP contribution in [0.3, 0.4) is 0 Å². The number of carboxylic acid groups (broad SMARTS) is 1. The molecule has 3 rings (SSSR count). The number of piperidine rings is 1. The van der Waals surface area contributed by atoms with Gasteiger partial charge in [0.25, 0.3) is 0 Å². The maximum Gasteiger partial charge on any atom is 0.303 e. The van der Waals surface area contributed by atoms with Gasteiger partial charge in [-0.2, -0.15) is 0 Å². The molecule has 2 N–H and O–H groups in total. The molecule has 1 amide bonds. The molecule has 1 aliphatic heterocycles. The summed E-state index contributed by atoms with van der Waals surface area (Å²) in [5.41, 5.74) is 1.98. The summed E-state index contributed by atoms with van der Waals surface area (Å²) < 4.78 is 0. The second-order valence-electron chi connectivity index (χ2n) is 6.04. The molecule has 24 heavy (non-hydrogen) atoms. The third-order valence-corrected chi connectivity index (χ3v) is 4.37. The van der Waals surface area contributed by atoms with Gasteiger partial charge < -0.3 is 15.0 Å². The van der Waals surface area contributed by atoms with E-state index >= 15 is 0 Å². The lowest BCUT2D eigenvalue weighted by atomic mass is 10.0. The number of aromatic amines is 1. The molecular weight excluding hydrogens is 306 g/mol. The lowest BCUT2D eigenvalue weighted by Gasteiger charge is -2.34. The Kier molecular flexibility index (Phi) is 4.93. The molecule has 1 aromatic carbocycles. The van der Waals surface area contributed by atoms with E-state index in [-0.39, 0.29) is 24.8 Å². The Morgan fingerprint density at radius 3 is 2.75 bits per heavy atom. The quantitative estimate of drug-likeness (QED) is 0.884. The number of rotatable bonds is 5. The van der Waals surface area contributed by atoms with Crippen LogP contribution in [0.4, 0.5) is 0 Å². The van der Waals surface area contributed by atoms with Crippen molar-refractivity contribution < 1.29 is 14.7 Å². The van der Waals surface area contributed by atoms with E-state index in [1.807, 2.05) is 30.3 Å². The number of likely N-dealkylation sites (tertiary alicyclic amines) is 1. The first-order valence-corrected chi connectivity index (χ1v) is 8.27. The van der Waals surface area contributed by atoms with E-state index in [0.717, 1.165) is 36.3 Å². The SMILES string of the molecule is O=C(O)CCC(=O)N1CCCCC1c1ncc(-c2ccccc2)[nH]1. The second kappa shape index (κ2) is 7.29. The van der Waals surface area contributed by atoms with Crippen LogP contribution < -0.4 is 0 Å². The van der Waals surface area contributed by atoms with Gasteiger partial charge >= 0.3 is 5.97 Å². The first-order valence-electron chi connectivity index (χ1n) is 8.27. The zero-order valence-corrected chi connectivity index (χ0v) is 13.4. The van der Waals surface area contributed by atoms with Crippen LogP contribution in [-0.2, 0) is 9.59 Å². The van der Waals surface area contributed by atoms with E-state index < -0.39 is 5.97 Å². The van der Waals surface area contributed by atoms with Crippen molar-refractivity contribution in [1.29, 1.82) is 0 Å². The standard InChI is InChI=1S/C18H21N3O3/c22-16(9-10-17(23)24)21-11-5-4-8-15(21)18-19-12-14(20-18)13-6-2-1-3-7-13/h1-3,6-7,12,15H,4-5,8-11H2,(H,19,20)(H,23,24). The number of imidazole rings is 1. The van der Waals surface area contributed by atoms with Gasteiger partial charge in [0.2, 0.25) is 5.91 Å². The number of hydrogen-bond acceptors (Lipinski definition) is 3. The largest absolute Gasteiger partial charge is 0.481 e. The fraction of sp³-hybridized carbons (Fsp3) is 0.389. The van der Waals surface area contributed by atoms with Crippen LogP contribution in [0.1, 0.15) is 44.0 Å². The van der Waals surface area contributed by atoms with Gasteiger partial charge in [-0.1, -0.05) is 30.3 Å². The number of carboxylic acids is 1. The van der Waals surface area contributed by atoms with Gasteiger partial charge in [0.15, 0.2) is 0 Å². The topological polar surface area (TPSA) is 86.3 Å². The highest BCUT2D eigenvalue weighted by molar-refractivity contribution is 5.81. The molecule has 1 atom stereocenters. The minimum absolute atomic E-state index is 0.0398. The van der Waals surface area contributed by atoms with Crippen LogP contribution >= 0.6 is 0 Å². The molecule has 2 heterocycles. The van der Waals surface area contributed by atoms with Crippen molar-refractivity contribution in [1.82, 2.24) is 14.9 Å². The van der Waals surface area contributed by atoms with Crippen molar-refractivity contribution in [2.24, 2.45) is 0 Å². The monoisotopic (exact) mass is 327 g/mol. The summed E-state index contributed by atoms with van der Waals surface area (Å²) >= 11 is 0. The zero-order chi connectivity index (χ0) is 16.9. The predicted octanol–water partition coefficient (Wildman–Crippen LogP) is 3.00. The fourth-order valence-electron chi connectivity index (χ4n) is 3.14. The van der Waals surface area contributed by atoms with Gasteiger partial charge in [-0.15, -0.1) is 0 Å². The average molecular weight is 327 g/mol. The third-order valence-electron chi connectivity index (χ3n) is 4.37. The molecule has 1 saturated heterocycles. The second-order valence-corrected chi connectivity index (χ2v) is 6.04. The summed E-state index contributed by atoms with van der Waals surface area (Å²) in [4.78, 5) is 32.7. The number of aromatic nitrogens is 2.